The van der Waals surface area contributed by atoms with Crippen LogP contribution in [0.4, 0.5) is 0 Å². The van der Waals surface area contributed by atoms with Crippen molar-refractivity contribution in [2.75, 3.05) is 0 Å². The van der Waals surface area contributed by atoms with Gasteiger partial charge in [0.2, 0.25) is 0 Å². The Morgan fingerprint density at radius 3 is 2.25 bits per heavy atom. The van der Waals surface area contributed by atoms with Crippen molar-refractivity contribution in [2.24, 2.45) is 5.92 Å². The number of hydrogen-bond donors (Lipinski definition) is 1. The van der Waals surface area contributed by atoms with Gasteiger partial charge in [-0.1, -0.05) is 60.1 Å². The van der Waals surface area contributed by atoms with Gasteiger partial charge in [-0.2, -0.15) is 0 Å². The maximum Gasteiger partial charge on any atom is 0.329 e. The summed E-state index contributed by atoms with van der Waals surface area (Å²) in [5, 5.41) is 2.76. The number of hydrogen-bond acceptors (Lipinski definition) is 3. The van der Waals surface area contributed by atoms with Crippen LogP contribution in [0.3, 0.4) is 0 Å². The molecule has 0 aliphatic rings. The Bertz CT molecular complexity index is 684. The Balaban J connectivity index is 1.99. The van der Waals surface area contributed by atoms with E-state index in [2.05, 4.69) is 21.2 Å². The van der Waals surface area contributed by atoms with Crippen molar-refractivity contribution < 1.29 is 14.3 Å². The first-order valence-electron chi connectivity index (χ1n) is 7.74. The highest BCUT2D eigenvalue weighted by molar-refractivity contribution is 9.10. The number of nitrogens with one attached hydrogen (secondary N) is 1. The fraction of sp³-hybridized carbons (Fsp3) is 0.263. The minimum absolute atomic E-state index is 0.0762. The molecule has 1 atom stereocenters. The number of benzene rings is 2. The molecule has 2 rings (SSSR count). The topological polar surface area (TPSA) is 55.4 Å². The number of amides is 1. The number of carbonyl (C=O) groups is 2. The molecule has 0 aromatic heterocycles. The maximum atomic E-state index is 12.3. The number of esters is 1. The molecule has 1 N–H and O–H groups in total. The van der Waals surface area contributed by atoms with Crippen molar-refractivity contribution in [1.82, 2.24) is 5.32 Å². The van der Waals surface area contributed by atoms with Crippen LogP contribution in [0.5, 0.6) is 0 Å². The molecule has 5 heteroatoms. The molecule has 0 aliphatic heterocycles. The summed E-state index contributed by atoms with van der Waals surface area (Å²) in [6.45, 7) is 3.93. The average molecular weight is 390 g/mol. The smallest absolute Gasteiger partial charge is 0.329 e. The van der Waals surface area contributed by atoms with Crippen LogP contribution in [-0.2, 0) is 16.1 Å². The Morgan fingerprint density at radius 1 is 1.04 bits per heavy atom. The molecule has 0 heterocycles. The van der Waals surface area contributed by atoms with E-state index in [0.717, 1.165) is 10.0 Å². The number of carbonyl (C=O) groups excluding carboxylic acids is 2. The number of rotatable bonds is 6. The highest BCUT2D eigenvalue weighted by atomic mass is 79.9. The van der Waals surface area contributed by atoms with Crippen LogP contribution in [0, 0.1) is 5.92 Å². The van der Waals surface area contributed by atoms with Crippen molar-refractivity contribution in [3.63, 3.8) is 0 Å². The van der Waals surface area contributed by atoms with E-state index in [4.69, 9.17) is 4.74 Å². The van der Waals surface area contributed by atoms with Crippen LogP contribution in [0.1, 0.15) is 29.8 Å². The van der Waals surface area contributed by atoms with Gasteiger partial charge in [0.15, 0.2) is 0 Å². The first kappa shape index (κ1) is 18.2. The highest BCUT2D eigenvalue weighted by Gasteiger charge is 2.26. The monoisotopic (exact) mass is 389 g/mol. The Hall–Kier alpha value is -2.14. The molecule has 2 aromatic carbocycles. The van der Waals surface area contributed by atoms with E-state index in [0.29, 0.717) is 5.56 Å². The lowest BCUT2D eigenvalue weighted by atomic mass is 10.0. The minimum Gasteiger partial charge on any atom is -0.459 e. The van der Waals surface area contributed by atoms with Crippen LogP contribution in [-0.4, -0.2) is 17.9 Å². The van der Waals surface area contributed by atoms with E-state index in [1.807, 2.05) is 44.2 Å². The van der Waals surface area contributed by atoms with Crippen LogP contribution < -0.4 is 5.32 Å². The largest absolute Gasteiger partial charge is 0.459 e. The Kier molecular flexibility index (Phi) is 6.55. The van der Waals surface area contributed by atoms with Gasteiger partial charge in [-0.25, -0.2) is 4.79 Å². The van der Waals surface area contributed by atoms with Gasteiger partial charge in [0.25, 0.3) is 5.91 Å². The lowest BCUT2D eigenvalue weighted by Gasteiger charge is -2.21. The van der Waals surface area contributed by atoms with Gasteiger partial charge in [0.1, 0.15) is 12.6 Å². The van der Waals surface area contributed by atoms with Crippen LogP contribution in [0.15, 0.2) is 59.1 Å². The van der Waals surface area contributed by atoms with E-state index in [1.165, 1.54) is 0 Å². The van der Waals surface area contributed by atoms with Gasteiger partial charge in [-0.15, -0.1) is 0 Å². The summed E-state index contributed by atoms with van der Waals surface area (Å²) in [4.78, 5) is 24.6. The van der Waals surface area contributed by atoms with Gasteiger partial charge >= 0.3 is 5.97 Å². The van der Waals surface area contributed by atoms with Gasteiger partial charge in [-0.05, 0) is 35.7 Å². The third kappa shape index (κ3) is 5.20. The predicted octanol–water partition coefficient (Wildman–Crippen LogP) is 3.95. The molecule has 0 radical (unpaired) electrons. The van der Waals surface area contributed by atoms with Gasteiger partial charge < -0.3 is 10.1 Å². The summed E-state index contributed by atoms with van der Waals surface area (Å²) < 4.78 is 6.24. The molecule has 0 saturated carbocycles. The summed E-state index contributed by atoms with van der Waals surface area (Å²) in [6.07, 6.45) is 0. The molecule has 126 valence electrons. The second-order valence-electron chi connectivity index (χ2n) is 5.80. The zero-order chi connectivity index (χ0) is 17.5. The Labute approximate surface area is 150 Å². The van der Waals surface area contributed by atoms with E-state index in [9.17, 15) is 9.59 Å². The SMILES string of the molecule is CC(C)[C@H](NC(=O)c1ccc(Br)cc1)C(=O)OCc1ccccc1. The third-order valence-corrected chi connectivity index (χ3v) is 4.07. The van der Waals surface area contributed by atoms with Gasteiger partial charge in [0.05, 0.1) is 0 Å². The van der Waals surface area contributed by atoms with Crippen molar-refractivity contribution in [3.8, 4) is 0 Å². The summed E-state index contributed by atoms with van der Waals surface area (Å²) >= 11 is 3.33. The summed E-state index contributed by atoms with van der Waals surface area (Å²) in [6, 6.07) is 15.7. The zero-order valence-corrected chi connectivity index (χ0v) is 15.2. The third-order valence-electron chi connectivity index (χ3n) is 3.54. The molecule has 0 saturated heterocycles. The fourth-order valence-electron chi connectivity index (χ4n) is 2.14. The molecule has 0 aliphatic carbocycles. The van der Waals surface area contributed by atoms with E-state index < -0.39 is 12.0 Å². The molecule has 1 amide bonds. The first-order valence-corrected chi connectivity index (χ1v) is 8.53. The van der Waals surface area contributed by atoms with E-state index >= 15 is 0 Å². The molecule has 0 fully saturated rings. The molecule has 0 spiro atoms. The van der Waals surface area contributed by atoms with Crippen LogP contribution in [0.25, 0.3) is 0 Å². The van der Waals surface area contributed by atoms with E-state index in [-0.39, 0.29) is 18.4 Å². The molecular formula is C19H20BrNO3. The maximum absolute atomic E-state index is 12.3. The number of halogens is 1. The van der Waals surface area contributed by atoms with Crippen LogP contribution >= 0.6 is 15.9 Å². The molecular weight excluding hydrogens is 370 g/mol. The van der Waals surface area contributed by atoms with Crippen molar-refractivity contribution >= 4 is 27.8 Å². The van der Waals surface area contributed by atoms with E-state index in [1.54, 1.807) is 24.3 Å². The normalized spacial score (nSPS) is 11.8. The summed E-state index contributed by atoms with van der Waals surface area (Å²) in [7, 11) is 0. The first-order chi connectivity index (χ1) is 11.5. The summed E-state index contributed by atoms with van der Waals surface area (Å²) in [5.41, 5.74) is 1.41. The number of ether oxygens (including phenoxy) is 1. The Morgan fingerprint density at radius 2 is 1.67 bits per heavy atom. The molecule has 0 bridgehead atoms. The highest BCUT2D eigenvalue weighted by Crippen LogP contribution is 2.12. The van der Waals surface area contributed by atoms with Gasteiger partial charge in [0, 0.05) is 10.0 Å². The lowest BCUT2D eigenvalue weighted by Crippen LogP contribution is -2.45. The van der Waals surface area contributed by atoms with Crippen molar-refractivity contribution in [3.05, 3.63) is 70.2 Å². The molecule has 24 heavy (non-hydrogen) atoms. The minimum atomic E-state index is -0.690. The van der Waals surface area contributed by atoms with Crippen LogP contribution in [0.2, 0.25) is 0 Å². The van der Waals surface area contributed by atoms with Gasteiger partial charge in [-0.3, -0.25) is 4.79 Å². The average Bonchev–Trinajstić information content (AvgIpc) is 2.58. The molecule has 2 aromatic rings. The predicted molar refractivity (Wildman–Crippen MR) is 96.5 cm³/mol. The zero-order valence-electron chi connectivity index (χ0n) is 13.7. The quantitative estimate of drug-likeness (QED) is 0.760. The standard InChI is InChI=1S/C19H20BrNO3/c1-13(2)17(19(23)24-12-14-6-4-3-5-7-14)21-18(22)15-8-10-16(20)11-9-15/h3-11,13,17H,12H2,1-2H3,(H,21,22)/t17-/m0/s1. The fourth-order valence-corrected chi connectivity index (χ4v) is 2.41. The summed E-state index contributed by atoms with van der Waals surface area (Å²) in [5.74, 6) is -0.801. The van der Waals surface area contributed by atoms with Crippen molar-refractivity contribution in [1.29, 1.82) is 0 Å². The van der Waals surface area contributed by atoms with Crippen molar-refractivity contribution in [2.45, 2.75) is 26.5 Å². The molecule has 0 unspecified atom stereocenters. The molecule has 4 nitrogen and oxygen atoms in total. The second-order valence-corrected chi connectivity index (χ2v) is 6.71. The second kappa shape index (κ2) is 8.64. The lowest BCUT2D eigenvalue weighted by molar-refractivity contribution is -0.148.